The first kappa shape index (κ1) is 20.7. The van der Waals surface area contributed by atoms with Crippen molar-refractivity contribution >= 4 is 33.1 Å². The standard InChI is InChI=1S/C18H24N4O4S2/c1-13-11-22(12-14(2)26-13)28(24,25)10-8-20-18(23)21-16-5-3-15(4-6-16)17-19-7-9-27-17/h3-7,9,13-14H,8,10-12H2,1-2H3,(H2,20,21,23)/t13-,14-/m1/s1. The number of carbonyl (C=O) groups excluding carboxylic acids is 1. The van der Waals surface area contributed by atoms with Crippen LogP contribution in [0.4, 0.5) is 10.5 Å². The summed E-state index contributed by atoms with van der Waals surface area (Å²) in [6, 6.07) is 6.87. The lowest BCUT2D eigenvalue weighted by atomic mass is 10.2. The number of hydrogen-bond acceptors (Lipinski definition) is 6. The quantitative estimate of drug-likeness (QED) is 0.741. The number of nitrogens with zero attached hydrogens (tertiary/aromatic N) is 2. The van der Waals surface area contributed by atoms with Gasteiger partial charge in [0, 0.05) is 42.5 Å². The maximum atomic E-state index is 12.5. The van der Waals surface area contributed by atoms with Crippen molar-refractivity contribution < 1.29 is 17.9 Å². The average molecular weight is 425 g/mol. The van der Waals surface area contributed by atoms with Crippen LogP contribution in [-0.4, -0.2) is 61.3 Å². The van der Waals surface area contributed by atoms with Gasteiger partial charge in [-0.15, -0.1) is 11.3 Å². The molecule has 1 saturated heterocycles. The zero-order valence-corrected chi connectivity index (χ0v) is 17.4. The molecule has 1 aromatic heterocycles. The minimum Gasteiger partial charge on any atom is -0.373 e. The summed E-state index contributed by atoms with van der Waals surface area (Å²) >= 11 is 1.54. The second-order valence-corrected chi connectivity index (χ2v) is 9.67. The molecule has 1 aliphatic rings. The van der Waals surface area contributed by atoms with Crippen molar-refractivity contribution in [1.82, 2.24) is 14.6 Å². The van der Waals surface area contributed by atoms with Crippen molar-refractivity contribution in [2.45, 2.75) is 26.1 Å². The highest BCUT2D eigenvalue weighted by atomic mass is 32.2. The molecule has 152 valence electrons. The fourth-order valence-corrected chi connectivity index (χ4v) is 5.15. The van der Waals surface area contributed by atoms with Crippen LogP contribution >= 0.6 is 11.3 Å². The van der Waals surface area contributed by atoms with Gasteiger partial charge >= 0.3 is 6.03 Å². The minimum absolute atomic E-state index is 0.0332. The second kappa shape index (κ2) is 8.99. The summed E-state index contributed by atoms with van der Waals surface area (Å²) in [5.74, 6) is -0.150. The lowest BCUT2D eigenvalue weighted by Crippen LogP contribution is -2.49. The van der Waals surface area contributed by atoms with E-state index in [0.717, 1.165) is 10.6 Å². The zero-order valence-electron chi connectivity index (χ0n) is 15.8. The summed E-state index contributed by atoms with van der Waals surface area (Å²) in [7, 11) is -3.44. The first-order valence-corrected chi connectivity index (χ1v) is 11.5. The Bertz CT molecular complexity index is 875. The van der Waals surface area contributed by atoms with Crippen LogP contribution in [0.25, 0.3) is 10.6 Å². The Hall–Kier alpha value is -2.01. The minimum atomic E-state index is -3.44. The molecule has 2 heterocycles. The van der Waals surface area contributed by atoms with Gasteiger partial charge in [0.05, 0.1) is 18.0 Å². The third kappa shape index (κ3) is 5.51. The average Bonchev–Trinajstić information content (AvgIpc) is 3.16. The van der Waals surface area contributed by atoms with Gasteiger partial charge in [-0.1, -0.05) is 0 Å². The van der Waals surface area contributed by atoms with Crippen molar-refractivity contribution in [3.63, 3.8) is 0 Å². The molecular formula is C18H24N4O4S2. The van der Waals surface area contributed by atoms with Crippen LogP contribution in [0.15, 0.2) is 35.8 Å². The monoisotopic (exact) mass is 424 g/mol. The van der Waals surface area contributed by atoms with Crippen molar-refractivity contribution in [1.29, 1.82) is 0 Å². The molecule has 2 atom stereocenters. The molecule has 8 nitrogen and oxygen atoms in total. The number of urea groups is 1. The van der Waals surface area contributed by atoms with Crippen LogP contribution < -0.4 is 10.6 Å². The van der Waals surface area contributed by atoms with E-state index >= 15 is 0 Å². The summed E-state index contributed by atoms with van der Waals surface area (Å²) in [5.41, 5.74) is 1.59. The number of thiazole rings is 1. The van der Waals surface area contributed by atoms with E-state index in [1.165, 1.54) is 4.31 Å². The third-order valence-corrected chi connectivity index (χ3v) is 6.87. The highest BCUT2D eigenvalue weighted by Gasteiger charge is 2.30. The number of hydrogen-bond donors (Lipinski definition) is 2. The van der Waals surface area contributed by atoms with Gasteiger partial charge in [0.1, 0.15) is 5.01 Å². The predicted octanol–water partition coefficient (Wildman–Crippen LogP) is 2.37. The molecular weight excluding hydrogens is 400 g/mol. The number of nitrogens with one attached hydrogen (secondary N) is 2. The number of benzene rings is 1. The molecule has 2 amide bonds. The molecule has 1 aliphatic heterocycles. The van der Waals surface area contributed by atoms with Crippen LogP contribution in [0.1, 0.15) is 13.8 Å². The summed E-state index contributed by atoms with van der Waals surface area (Å²) in [6.45, 7) is 4.41. The van der Waals surface area contributed by atoms with E-state index < -0.39 is 16.1 Å². The van der Waals surface area contributed by atoms with Gasteiger partial charge in [0.25, 0.3) is 0 Å². The zero-order chi connectivity index (χ0) is 20.1. The van der Waals surface area contributed by atoms with Gasteiger partial charge in [-0.25, -0.2) is 18.2 Å². The van der Waals surface area contributed by atoms with E-state index in [1.807, 2.05) is 31.4 Å². The number of anilines is 1. The fourth-order valence-electron chi connectivity index (χ4n) is 3.02. The molecule has 2 aromatic rings. The van der Waals surface area contributed by atoms with E-state index in [1.54, 1.807) is 29.7 Å². The molecule has 1 fully saturated rings. The van der Waals surface area contributed by atoms with Crippen molar-refractivity contribution in [3.05, 3.63) is 35.8 Å². The number of rotatable bonds is 6. The van der Waals surface area contributed by atoms with Crippen LogP contribution in [0, 0.1) is 0 Å². The van der Waals surface area contributed by atoms with E-state index in [4.69, 9.17) is 4.74 Å². The molecule has 28 heavy (non-hydrogen) atoms. The second-order valence-electron chi connectivity index (χ2n) is 6.69. The van der Waals surface area contributed by atoms with Gasteiger partial charge in [0.15, 0.2) is 0 Å². The lowest BCUT2D eigenvalue weighted by molar-refractivity contribution is -0.0440. The highest BCUT2D eigenvalue weighted by molar-refractivity contribution is 7.89. The molecule has 10 heteroatoms. The smallest absolute Gasteiger partial charge is 0.319 e. The molecule has 0 aliphatic carbocycles. The largest absolute Gasteiger partial charge is 0.373 e. The number of amides is 2. The maximum Gasteiger partial charge on any atom is 0.319 e. The number of carbonyl (C=O) groups is 1. The van der Waals surface area contributed by atoms with Crippen molar-refractivity contribution in [3.8, 4) is 10.6 Å². The molecule has 0 bridgehead atoms. The molecule has 1 aromatic carbocycles. The summed E-state index contributed by atoms with van der Waals surface area (Å²) < 4.78 is 31.9. The Kier molecular flexibility index (Phi) is 6.65. The fraction of sp³-hybridized carbons (Fsp3) is 0.444. The Morgan fingerprint density at radius 1 is 1.25 bits per heavy atom. The maximum absolute atomic E-state index is 12.5. The highest BCUT2D eigenvalue weighted by Crippen LogP contribution is 2.23. The van der Waals surface area contributed by atoms with Gasteiger partial charge in [-0.3, -0.25) is 0 Å². The summed E-state index contributed by atoms with van der Waals surface area (Å²) in [5, 5.41) is 8.11. The normalized spacial score (nSPS) is 20.6. The first-order chi connectivity index (χ1) is 13.3. The van der Waals surface area contributed by atoms with Crippen LogP contribution in [0.3, 0.4) is 0 Å². The molecule has 2 N–H and O–H groups in total. The van der Waals surface area contributed by atoms with Gasteiger partial charge < -0.3 is 15.4 Å². The van der Waals surface area contributed by atoms with Crippen molar-refractivity contribution in [2.24, 2.45) is 0 Å². The van der Waals surface area contributed by atoms with Gasteiger partial charge in [-0.2, -0.15) is 4.31 Å². The molecule has 0 unspecified atom stereocenters. The molecule has 0 radical (unpaired) electrons. The SMILES string of the molecule is C[C@@H]1CN(S(=O)(=O)CCNC(=O)Nc2ccc(-c3nccs3)cc2)C[C@@H](C)O1. The summed E-state index contributed by atoms with van der Waals surface area (Å²) in [4.78, 5) is 16.3. The number of morpholine rings is 1. The molecule has 3 rings (SSSR count). The first-order valence-electron chi connectivity index (χ1n) is 9.01. The van der Waals surface area contributed by atoms with E-state index in [-0.39, 0.29) is 24.5 Å². The van der Waals surface area contributed by atoms with Gasteiger partial charge in [-0.05, 0) is 38.1 Å². The number of ether oxygens (including phenoxy) is 1. The Balaban J connectivity index is 1.46. The lowest BCUT2D eigenvalue weighted by Gasteiger charge is -2.34. The van der Waals surface area contributed by atoms with Gasteiger partial charge in [0.2, 0.25) is 10.0 Å². The Morgan fingerprint density at radius 2 is 1.93 bits per heavy atom. The molecule has 0 spiro atoms. The van der Waals surface area contributed by atoms with Crippen LogP contribution in [0.5, 0.6) is 0 Å². The van der Waals surface area contributed by atoms with Crippen LogP contribution in [0.2, 0.25) is 0 Å². The molecule has 0 saturated carbocycles. The Morgan fingerprint density at radius 3 is 2.54 bits per heavy atom. The number of aromatic nitrogens is 1. The van der Waals surface area contributed by atoms with Crippen molar-refractivity contribution in [2.75, 3.05) is 30.7 Å². The van der Waals surface area contributed by atoms with E-state index in [0.29, 0.717) is 18.8 Å². The number of sulfonamides is 1. The summed E-state index contributed by atoms with van der Waals surface area (Å²) in [6.07, 6.45) is 1.47. The Labute approximate surface area is 169 Å². The topological polar surface area (TPSA) is 101 Å². The van der Waals surface area contributed by atoms with E-state index in [2.05, 4.69) is 15.6 Å². The predicted molar refractivity (Wildman–Crippen MR) is 110 cm³/mol. The third-order valence-electron chi connectivity index (χ3n) is 4.25. The van der Waals surface area contributed by atoms with Crippen LogP contribution in [-0.2, 0) is 14.8 Å². The van der Waals surface area contributed by atoms with E-state index in [9.17, 15) is 13.2 Å².